The van der Waals surface area contributed by atoms with Crippen molar-refractivity contribution in [3.8, 4) is 33.9 Å². The number of carbonyl (C=O) groups is 2. The predicted octanol–water partition coefficient (Wildman–Crippen LogP) is 5.05. The van der Waals surface area contributed by atoms with Crippen LogP contribution in [-0.4, -0.2) is 60.3 Å². The van der Waals surface area contributed by atoms with E-state index in [1.165, 1.54) is 7.11 Å². The molecule has 11 nitrogen and oxygen atoms in total. The van der Waals surface area contributed by atoms with Gasteiger partial charge in [-0.05, 0) is 55.2 Å². The molecule has 4 N–H and O–H groups in total. The highest BCUT2D eigenvalue weighted by Gasteiger charge is 2.65. The normalized spacial score (nSPS) is 19.6. The quantitative estimate of drug-likeness (QED) is 0.152. The van der Waals surface area contributed by atoms with E-state index < -0.39 is 22.8 Å². The van der Waals surface area contributed by atoms with Gasteiger partial charge in [0.2, 0.25) is 17.2 Å². The number of aliphatic hydroxyl groups is 1. The Hall–Kier alpha value is -5.43. The smallest absolute Gasteiger partial charge is 0.220 e. The summed E-state index contributed by atoms with van der Waals surface area (Å²) in [6.07, 6.45) is 4.49. The number of rotatable bonds is 12. The van der Waals surface area contributed by atoms with E-state index in [-0.39, 0.29) is 77.4 Å². The summed E-state index contributed by atoms with van der Waals surface area (Å²) in [6, 6.07) is 9.56. The van der Waals surface area contributed by atoms with Crippen LogP contribution in [0.5, 0.6) is 11.5 Å². The molecule has 0 spiro atoms. The summed E-state index contributed by atoms with van der Waals surface area (Å²) >= 11 is 0. The third kappa shape index (κ3) is 6.48. The summed E-state index contributed by atoms with van der Waals surface area (Å²) < 4.78 is 40.8. The third-order valence-corrected chi connectivity index (χ3v) is 9.67. The average Bonchev–Trinajstić information content (AvgIpc) is 3.72. The van der Waals surface area contributed by atoms with Crippen LogP contribution in [0.2, 0.25) is 0 Å². The van der Waals surface area contributed by atoms with E-state index in [1.54, 1.807) is 12.1 Å². The van der Waals surface area contributed by atoms with Crippen LogP contribution in [0.3, 0.4) is 0 Å². The summed E-state index contributed by atoms with van der Waals surface area (Å²) in [5.74, 6) is -2.43. The monoisotopic (exact) mass is 686 g/mol. The average molecular weight is 687 g/mol. The number of carbonyl (C=O) groups excluding carboxylic acids is 2. The van der Waals surface area contributed by atoms with Crippen molar-refractivity contribution in [1.82, 2.24) is 10.6 Å². The Morgan fingerprint density at radius 2 is 1.78 bits per heavy atom. The first-order valence-electron chi connectivity index (χ1n) is 16.2. The van der Waals surface area contributed by atoms with Crippen molar-refractivity contribution >= 4 is 40.3 Å². The molecule has 0 aromatic heterocycles. The molecule has 0 bridgehead atoms. The molecule has 2 amide bonds. The van der Waals surface area contributed by atoms with Crippen LogP contribution < -0.4 is 20.8 Å². The molecule has 3 unspecified atom stereocenters. The number of benzene rings is 3. The molecule has 2 aromatic carbocycles. The number of halogens is 2. The van der Waals surface area contributed by atoms with Gasteiger partial charge in [0.1, 0.15) is 17.1 Å². The zero-order valence-electron chi connectivity index (χ0n) is 27.7. The number of hydrogen-bond donors (Lipinski definition) is 4. The van der Waals surface area contributed by atoms with Crippen LogP contribution in [0.25, 0.3) is 39.5 Å². The Kier molecular flexibility index (Phi) is 9.52. The molecule has 2 aliphatic carbocycles. The molecule has 3 atom stereocenters. The lowest BCUT2D eigenvalue weighted by Crippen LogP contribution is -2.29. The molecule has 2 aliphatic heterocycles. The molecule has 2 aromatic rings. The van der Waals surface area contributed by atoms with Gasteiger partial charge >= 0.3 is 0 Å². The molecular formula is C37H36F2N4O7. The van der Waals surface area contributed by atoms with E-state index in [0.29, 0.717) is 35.4 Å². The number of nitrogens with one attached hydrogen (secondary N) is 2. The number of hydrogen-bond acceptors (Lipinski definition) is 9. The van der Waals surface area contributed by atoms with Gasteiger partial charge in [0, 0.05) is 77.2 Å². The molecule has 0 radical (unpaired) electrons. The van der Waals surface area contributed by atoms with Crippen molar-refractivity contribution in [2.75, 3.05) is 26.8 Å². The minimum atomic E-state index is -1.01. The van der Waals surface area contributed by atoms with Gasteiger partial charge in [-0.25, -0.2) is 8.78 Å². The second kappa shape index (κ2) is 13.8. The van der Waals surface area contributed by atoms with Crippen LogP contribution >= 0.6 is 0 Å². The van der Waals surface area contributed by atoms with Crippen LogP contribution in [0.15, 0.2) is 68.0 Å². The van der Waals surface area contributed by atoms with Gasteiger partial charge in [-0.3, -0.25) is 14.4 Å². The van der Waals surface area contributed by atoms with E-state index in [1.807, 2.05) is 25.1 Å². The number of amides is 2. The topological polar surface area (TPSA) is 163 Å². The van der Waals surface area contributed by atoms with Crippen LogP contribution in [0.1, 0.15) is 38.7 Å². The number of fused-ring (bicyclic) bond motifs is 3. The Bertz CT molecular complexity index is 2120. The number of methoxy groups -OCH3 is 1. The van der Waals surface area contributed by atoms with E-state index in [2.05, 4.69) is 27.8 Å². The maximum atomic E-state index is 14.7. The number of aromatic hydroxyl groups is 1. The summed E-state index contributed by atoms with van der Waals surface area (Å²) in [5.41, 5.74) is 2.23. The summed E-state index contributed by atoms with van der Waals surface area (Å²) in [6.45, 7) is 4.46. The number of phenolic OH excluding ortho intramolecular Hbond substituents is 1. The molecule has 1 fully saturated rings. The highest BCUT2D eigenvalue weighted by Crippen LogP contribution is 2.61. The van der Waals surface area contributed by atoms with Gasteiger partial charge in [0.15, 0.2) is 17.4 Å². The lowest BCUT2D eigenvalue weighted by Gasteiger charge is -2.18. The van der Waals surface area contributed by atoms with Gasteiger partial charge < -0.3 is 30.0 Å². The van der Waals surface area contributed by atoms with Crippen LogP contribution in [0.4, 0.5) is 8.78 Å². The largest absolute Gasteiger partial charge is 0.505 e. The van der Waals surface area contributed by atoms with Crippen molar-refractivity contribution in [2.45, 2.75) is 33.1 Å². The first-order valence-corrected chi connectivity index (χ1v) is 16.2. The molecular weight excluding hydrogens is 650 g/mol. The van der Waals surface area contributed by atoms with Crippen molar-refractivity contribution in [3.63, 3.8) is 0 Å². The third-order valence-electron chi connectivity index (χ3n) is 9.67. The molecule has 13 heteroatoms. The van der Waals surface area contributed by atoms with E-state index in [0.717, 1.165) is 35.7 Å². The molecule has 2 heterocycles. The Balaban J connectivity index is 1.26. The number of ether oxygens (including phenoxy) is 1. The van der Waals surface area contributed by atoms with Crippen molar-refractivity contribution in [2.24, 2.45) is 27.5 Å². The van der Waals surface area contributed by atoms with Gasteiger partial charge in [0.05, 0.1) is 19.4 Å². The highest BCUT2D eigenvalue weighted by molar-refractivity contribution is 6.11. The SMILES string of the molecule is COc1ccc(/C=C/C2=NN=C(C)C3(C)C(CNC(=O)CCCC(=O)NCCO)C23)cc1-c1c2cc(F)c(=O)cc-2oc2cc(O)c(F)cc12. The number of aliphatic hydroxyl groups excluding tert-OH is 1. The van der Waals surface area contributed by atoms with Crippen LogP contribution in [-0.2, 0) is 9.59 Å². The zero-order valence-corrected chi connectivity index (χ0v) is 27.7. The second-order valence-electron chi connectivity index (χ2n) is 12.7. The molecule has 4 aliphatic rings. The fourth-order valence-corrected chi connectivity index (χ4v) is 6.78. The molecule has 1 saturated carbocycles. The lowest BCUT2D eigenvalue weighted by atomic mass is 9.91. The summed E-state index contributed by atoms with van der Waals surface area (Å²) in [7, 11) is 1.47. The maximum absolute atomic E-state index is 14.7. The Labute approximate surface area is 285 Å². The molecule has 260 valence electrons. The predicted molar refractivity (Wildman–Crippen MR) is 184 cm³/mol. The molecule has 6 rings (SSSR count). The Morgan fingerprint density at radius 3 is 2.52 bits per heavy atom. The van der Waals surface area contributed by atoms with Crippen LogP contribution in [0, 0.1) is 28.9 Å². The van der Waals surface area contributed by atoms with Gasteiger partial charge in [-0.2, -0.15) is 10.2 Å². The summed E-state index contributed by atoms with van der Waals surface area (Å²) in [5, 5.41) is 33.5. The highest BCUT2D eigenvalue weighted by atomic mass is 19.1. The maximum Gasteiger partial charge on any atom is 0.220 e. The van der Waals surface area contributed by atoms with E-state index >= 15 is 0 Å². The first kappa shape index (κ1) is 34.4. The lowest BCUT2D eigenvalue weighted by molar-refractivity contribution is -0.122. The minimum Gasteiger partial charge on any atom is -0.505 e. The van der Waals surface area contributed by atoms with Crippen molar-refractivity contribution in [1.29, 1.82) is 0 Å². The van der Waals surface area contributed by atoms with E-state index in [9.17, 15) is 28.3 Å². The number of phenols is 1. The molecule has 50 heavy (non-hydrogen) atoms. The fraction of sp³-hybridized carbons (Fsp3) is 0.324. The Morgan fingerprint density at radius 1 is 1.02 bits per heavy atom. The van der Waals surface area contributed by atoms with Gasteiger partial charge in [0.25, 0.3) is 0 Å². The zero-order chi connectivity index (χ0) is 35.7. The van der Waals surface area contributed by atoms with Gasteiger partial charge in [-0.15, -0.1) is 0 Å². The standard InChI is InChI=1S/C37H36F2N4O7/c1-19-37(2)24(18-41-34(48)6-4-5-33(47)40-11-12-44)36(37)27(43-42-19)9-7-20-8-10-30(49-3)21(13-20)35-22-14-25(38)28(45)16-31(22)50-32-17-29(46)26(39)15-23(32)35/h7-10,13-17,24,36,44-45H,4-6,11-12,18H2,1-3H3,(H,40,47)(H,41,48)/b9-7+. The number of nitrogens with zero attached hydrogens (tertiary/aromatic N) is 2. The van der Waals surface area contributed by atoms with Gasteiger partial charge in [-0.1, -0.05) is 19.1 Å². The van der Waals surface area contributed by atoms with E-state index in [4.69, 9.17) is 14.3 Å². The summed E-state index contributed by atoms with van der Waals surface area (Å²) in [4.78, 5) is 36.5. The minimum absolute atomic E-state index is 0.00191. The molecule has 0 saturated heterocycles. The second-order valence-corrected chi connectivity index (χ2v) is 12.7. The van der Waals surface area contributed by atoms with Crippen molar-refractivity contribution in [3.05, 3.63) is 76.0 Å². The van der Waals surface area contributed by atoms with Crippen molar-refractivity contribution < 1.29 is 37.7 Å². The number of allylic oxidation sites excluding steroid dienone is 1. The first-order chi connectivity index (χ1) is 24.0. The fourth-order valence-electron chi connectivity index (χ4n) is 6.78.